The van der Waals surface area contributed by atoms with Crippen LogP contribution in [0.25, 0.3) is 0 Å². The van der Waals surface area contributed by atoms with E-state index in [2.05, 4.69) is 5.32 Å². The zero-order valence-electron chi connectivity index (χ0n) is 13.0. The van der Waals surface area contributed by atoms with Crippen LogP contribution in [-0.4, -0.2) is 37.4 Å². The van der Waals surface area contributed by atoms with E-state index >= 15 is 0 Å². The van der Waals surface area contributed by atoms with Gasteiger partial charge in [0.25, 0.3) is 5.91 Å². The van der Waals surface area contributed by atoms with Crippen molar-refractivity contribution in [1.29, 1.82) is 0 Å². The fourth-order valence-corrected chi connectivity index (χ4v) is 2.89. The highest BCUT2D eigenvalue weighted by Gasteiger charge is 2.31. The number of halogens is 1. The molecule has 2 atom stereocenters. The Morgan fingerprint density at radius 2 is 2.05 bits per heavy atom. The van der Waals surface area contributed by atoms with Crippen LogP contribution in [-0.2, 0) is 4.79 Å². The Balaban J connectivity index is 0.00000242. The van der Waals surface area contributed by atoms with Crippen LogP contribution in [0.5, 0.6) is 0 Å². The number of nitrogens with zero attached hydrogens (tertiary/aromatic N) is 1. The second-order valence-electron chi connectivity index (χ2n) is 5.80. The lowest BCUT2D eigenvalue weighted by Gasteiger charge is -2.18. The van der Waals surface area contributed by atoms with E-state index in [0.29, 0.717) is 17.8 Å². The minimum Gasteiger partial charge on any atom is -0.345 e. The molecular weight excluding hydrogens is 302 g/mol. The molecule has 1 aromatic rings. The van der Waals surface area contributed by atoms with Crippen molar-refractivity contribution < 1.29 is 9.59 Å². The van der Waals surface area contributed by atoms with Crippen LogP contribution in [0.4, 0.5) is 5.69 Å². The van der Waals surface area contributed by atoms with Gasteiger partial charge in [0.2, 0.25) is 5.91 Å². The predicted molar refractivity (Wildman–Crippen MR) is 90.2 cm³/mol. The molecule has 0 aromatic heterocycles. The molecule has 0 spiro atoms. The molecule has 5 nitrogen and oxygen atoms in total. The van der Waals surface area contributed by atoms with E-state index in [1.54, 1.807) is 38.4 Å². The van der Waals surface area contributed by atoms with Crippen molar-refractivity contribution in [3.05, 3.63) is 29.8 Å². The maximum Gasteiger partial charge on any atom is 0.253 e. The van der Waals surface area contributed by atoms with Crippen molar-refractivity contribution in [3.8, 4) is 0 Å². The van der Waals surface area contributed by atoms with Crippen molar-refractivity contribution in [2.24, 2.45) is 17.6 Å². The Morgan fingerprint density at radius 1 is 1.32 bits per heavy atom. The second-order valence-corrected chi connectivity index (χ2v) is 5.80. The molecule has 122 valence electrons. The van der Waals surface area contributed by atoms with E-state index in [1.165, 1.54) is 4.90 Å². The number of amides is 2. The minimum atomic E-state index is -0.0770. The van der Waals surface area contributed by atoms with Gasteiger partial charge in [0.05, 0.1) is 0 Å². The topological polar surface area (TPSA) is 75.4 Å². The molecule has 0 aliphatic heterocycles. The molecule has 1 aliphatic carbocycles. The normalized spacial score (nSPS) is 20.1. The smallest absolute Gasteiger partial charge is 0.253 e. The summed E-state index contributed by atoms with van der Waals surface area (Å²) >= 11 is 0. The standard InChI is InChI=1S/C16H23N3O2.ClH/c1-19(2)16(21)11-5-3-7-13(9-11)18-15(20)14-8-4-6-12(14)10-17;/h3,5,7,9,12,14H,4,6,8,10,17H2,1-2H3,(H,18,20);1H/t12-,14-;/m1./s1. The van der Waals surface area contributed by atoms with Gasteiger partial charge in [-0.2, -0.15) is 0 Å². The summed E-state index contributed by atoms with van der Waals surface area (Å²) in [7, 11) is 3.41. The third-order valence-electron chi connectivity index (χ3n) is 4.08. The van der Waals surface area contributed by atoms with E-state index in [1.807, 2.05) is 0 Å². The Kier molecular flexibility index (Phi) is 6.84. The lowest BCUT2D eigenvalue weighted by atomic mass is 9.95. The first kappa shape index (κ1) is 18.5. The number of carbonyl (C=O) groups excluding carboxylic acids is 2. The third-order valence-corrected chi connectivity index (χ3v) is 4.08. The SMILES string of the molecule is CN(C)C(=O)c1cccc(NC(=O)[C@@H]2CCC[C@@H]2CN)c1.Cl. The molecule has 3 N–H and O–H groups in total. The molecule has 0 heterocycles. The minimum absolute atomic E-state index is 0. The summed E-state index contributed by atoms with van der Waals surface area (Å²) in [6.45, 7) is 0.553. The van der Waals surface area contributed by atoms with E-state index in [4.69, 9.17) is 5.73 Å². The van der Waals surface area contributed by atoms with Crippen LogP contribution in [0.1, 0.15) is 29.6 Å². The highest BCUT2D eigenvalue weighted by molar-refractivity contribution is 5.97. The van der Waals surface area contributed by atoms with Gasteiger partial charge in [-0.25, -0.2) is 0 Å². The van der Waals surface area contributed by atoms with Crippen LogP contribution < -0.4 is 11.1 Å². The summed E-state index contributed by atoms with van der Waals surface area (Å²) in [5.41, 5.74) is 6.95. The first-order valence-electron chi connectivity index (χ1n) is 7.35. The Morgan fingerprint density at radius 3 is 2.68 bits per heavy atom. The molecule has 0 unspecified atom stereocenters. The van der Waals surface area contributed by atoms with Gasteiger partial charge >= 0.3 is 0 Å². The number of anilines is 1. The van der Waals surface area contributed by atoms with Gasteiger partial charge < -0.3 is 16.0 Å². The zero-order chi connectivity index (χ0) is 15.4. The van der Waals surface area contributed by atoms with E-state index in [-0.39, 0.29) is 36.1 Å². The molecule has 22 heavy (non-hydrogen) atoms. The maximum atomic E-state index is 12.3. The van der Waals surface area contributed by atoms with Crippen LogP contribution in [0, 0.1) is 11.8 Å². The number of nitrogens with one attached hydrogen (secondary N) is 1. The molecule has 1 fully saturated rings. The van der Waals surface area contributed by atoms with Gasteiger partial charge in [-0.1, -0.05) is 12.5 Å². The number of rotatable bonds is 4. The Bertz CT molecular complexity index is 534. The molecule has 0 saturated heterocycles. The molecule has 0 radical (unpaired) electrons. The summed E-state index contributed by atoms with van der Waals surface area (Å²) in [5, 5.41) is 2.92. The van der Waals surface area contributed by atoms with Gasteiger partial charge in [-0.15, -0.1) is 12.4 Å². The van der Waals surface area contributed by atoms with Crippen LogP contribution in [0.15, 0.2) is 24.3 Å². The molecule has 2 rings (SSSR count). The molecule has 6 heteroatoms. The highest BCUT2D eigenvalue weighted by Crippen LogP contribution is 2.31. The van der Waals surface area contributed by atoms with Crippen molar-refractivity contribution in [3.63, 3.8) is 0 Å². The summed E-state index contributed by atoms with van der Waals surface area (Å²) < 4.78 is 0. The maximum absolute atomic E-state index is 12.3. The first-order valence-corrected chi connectivity index (χ1v) is 7.35. The van der Waals surface area contributed by atoms with Gasteiger partial charge in [0.15, 0.2) is 0 Å². The summed E-state index contributed by atoms with van der Waals surface area (Å²) in [5.74, 6) is 0.198. The number of hydrogen-bond donors (Lipinski definition) is 2. The summed E-state index contributed by atoms with van der Waals surface area (Å²) in [6, 6.07) is 7.04. The van der Waals surface area contributed by atoms with Gasteiger partial charge in [0.1, 0.15) is 0 Å². The zero-order valence-corrected chi connectivity index (χ0v) is 13.9. The van der Waals surface area contributed by atoms with Crippen molar-refractivity contribution in [2.45, 2.75) is 19.3 Å². The van der Waals surface area contributed by atoms with Crippen molar-refractivity contribution in [2.75, 3.05) is 26.0 Å². The van der Waals surface area contributed by atoms with Crippen LogP contribution >= 0.6 is 12.4 Å². The average Bonchev–Trinajstić information content (AvgIpc) is 2.95. The average molecular weight is 326 g/mol. The highest BCUT2D eigenvalue weighted by atomic mass is 35.5. The Hall–Kier alpha value is -1.59. The van der Waals surface area contributed by atoms with E-state index < -0.39 is 0 Å². The lowest BCUT2D eigenvalue weighted by Crippen LogP contribution is -2.29. The number of nitrogens with two attached hydrogens (primary N) is 1. The molecule has 1 aliphatic rings. The largest absolute Gasteiger partial charge is 0.345 e. The summed E-state index contributed by atoms with van der Waals surface area (Å²) in [4.78, 5) is 25.8. The fraction of sp³-hybridized carbons (Fsp3) is 0.500. The fourth-order valence-electron chi connectivity index (χ4n) is 2.89. The predicted octanol–water partition coefficient (Wildman–Crippen LogP) is 2.12. The van der Waals surface area contributed by atoms with Crippen molar-refractivity contribution in [1.82, 2.24) is 4.90 Å². The molecule has 1 aromatic carbocycles. The van der Waals surface area contributed by atoms with E-state index in [9.17, 15) is 9.59 Å². The number of benzene rings is 1. The quantitative estimate of drug-likeness (QED) is 0.890. The number of carbonyl (C=O) groups is 2. The monoisotopic (exact) mass is 325 g/mol. The molecular formula is C16H24ClN3O2. The molecule has 1 saturated carbocycles. The number of hydrogen-bond acceptors (Lipinski definition) is 3. The molecule has 0 bridgehead atoms. The van der Waals surface area contributed by atoms with Crippen LogP contribution in [0.2, 0.25) is 0 Å². The van der Waals surface area contributed by atoms with Crippen molar-refractivity contribution >= 4 is 29.9 Å². The van der Waals surface area contributed by atoms with Gasteiger partial charge in [0, 0.05) is 31.3 Å². The lowest BCUT2D eigenvalue weighted by molar-refractivity contribution is -0.120. The van der Waals surface area contributed by atoms with E-state index in [0.717, 1.165) is 19.3 Å². The van der Waals surface area contributed by atoms with Crippen LogP contribution in [0.3, 0.4) is 0 Å². The molecule has 2 amide bonds. The van der Waals surface area contributed by atoms with Gasteiger partial charge in [-0.05, 0) is 43.5 Å². The summed E-state index contributed by atoms with van der Waals surface area (Å²) in [6.07, 6.45) is 2.97. The second kappa shape index (κ2) is 8.15. The first-order chi connectivity index (χ1) is 10.0. The third kappa shape index (κ3) is 4.21. The van der Waals surface area contributed by atoms with Gasteiger partial charge in [-0.3, -0.25) is 9.59 Å². The Labute approximate surface area is 137 Å².